The Morgan fingerprint density at radius 1 is 0.267 bits per heavy atom. The molecule has 0 aromatic rings. The Labute approximate surface area is 193 Å². The van der Waals surface area contributed by atoms with Crippen LogP contribution >= 0.6 is 0 Å². The molecule has 0 atom stereocenters. The maximum Gasteiger partial charge on any atom is -0.0351 e. The van der Waals surface area contributed by atoms with Crippen LogP contribution in [0.5, 0.6) is 0 Å². The summed E-state index contributed by atoms with van der Waals surface area (Å²) in [5.74, 6) is 0. The molecule has 0 fully saturated rings. The molecule has 0 radical (unpaired) electrons. The van der Waals surface area contributed by atoms with Crippen LogP contribution < -0.4 is 0 Å². The summed E-state index contributed by atoms with van der Waals surface area (Å²) in [6.07, 6.45) is 42.4. The zero-order valence-electron chi connectivity index (χ0n) is 21.5. The van der Waals surface area contributed by atoms with Gasteiger partial charge in [-0.3, -0.25) is 0 Å². The van der Waals surface area contributed by atoms with Crippen molar-refractivity contribution in [3.05, 3.63) is 12.2 Å². The molecular formula is C30H60. The van der Waals surface area contributed by atoms with Crippen LogP contribution in [-0.2, 0) is 0 Å². The van der Waals surface area contributed by atoms with Crippen LogP contribution in [0, 0.1) is 0 Å². The maximum absolute atomic E-state index is 2.43. The van der Waals surface area contributed by atoms with Crippen LogP contribution in [-0.4, -0.2) is 0 Å². The monoisotopic (exact) mass is 420 g/mol. The van der Waals surface area contributed by atoms with Gasteiger partial charge in [0.15, 0.2) is 0 Å². The average molecular weight is 421 g/mol. The van der Waals surface area contributed by atoms with Gasteiger partial charge in [-0.25, -0.2) is 0 Å². The van der Waals surface area contributed by atoms with E-state index in [2.05, 4.69) is 26.0 Å². The second-order valence-corrected chi connectivity index (χ2v) is 9.83. The number of allylic oxidation sites excluding steroid dienone is 2. The van der Waals surface area contributed by atoms with E-state index in [1.165, 1.54) is 167 Å². The van der Waals surface area contributed by atoms with E-state index in [-0.39, 0.29) is 0 Å². The second kappa shape index (κ2) is 28.7. The molecule has 0 N–H and O–H groups in total. The highest BCUT2D eigenvalue weighted by atomic mass is 14.0. The summed E-state index contributed by atoms with van der Waals surface area (Å²) in [6, 6.07) is 0. The number of unbranched alkanes of at least 4 members (excludes halogenated alkanes) is 24. The van der Waals surface area contributed by atoms with Crippen LogP contribution in [0.3, 0.4) is 0 Å². The molecule has 0 bridgehead atoms. The zero-order valence-corrected chi connectivity index (χ0v) is 21.5. The summed E-state index contributed by atoms with van der Waals surface area (Å²) in [7, 11) is 0. The van der Waals surface area contributed by atoms with Crippen molar-refractivity contribution in [1.29, 1.82) is 0 Å². The molecule has 0 aliphatic heterocycles. The van der Waals surface area contributed by atoms with E-state index in [4.69, 9.17) is 0 Å². The maximum atomic E-state index is 2.43. The second-order valence-electron chi connectivity index (χ2n) is 9.83. The fourth-order valence-corrected chi connectivity index (χ4v) is 4.44. The molecule has 0 amide bonds. The van der Waals surface area contributed by atoms with Gasteiger partial charge in [0.05, 0.1) is 0 Å². The van der Waals surface area contributed by atoms with Crippen molar-refractivity contribution >= 4 is 0 Å². The average Bonchev–Trinajstić information content (AvgIpc) is 2.76. The predicted octanol–water partition coefficient (Wildman–Crippen LogP) is 11.7. The summed E-state index contributed by atoms with van der Waals surface area (Å²) >= 11 is 0. The van der Waals surface area contributed by atoms with Gasteiger partial charge in [-0.2, -0.15) is 0 Å². The molecule has 180 valence electrons. The summed E-state index contributed by atoms with van der Waals surface area (Å²) in [5.41, 5.74) is 0. The Balaban J connectivity index is 3.02. The summed E-state index contributed by atoms with van der Waals surface area (Å²) < 4.78 is 0. The van der Waals surface area contributed by atoms with Gasteiger partial charge < -0.3 is 0 Å². The van der Waals surface area contributed by atoms with Crippen molar-refractivity contribution in [2.45, 2.75) is 181 Å². The fraction of sp³-hybridized carbons (Fsp3) is 0.933. The molecule has 0 heterocycles. The van der Waals surface area contributed by atoms with Crippen molar-refractivity contribution in [3.8, 4) is 0 Å². The molecule has 0 heteroatoms. The van der Waals surface area contributed by atoms with Crippen molar-refractivity contribution in [2.24, 2.45) is 0 Å². The molecule has 0 aliphatic carbocycles. The Hall–Kier alpha value is -0.260. The standard InChI is InChI=1S/C30H60/c1-3-5-7-9-11-13-15-17-19-21-23-25-27-29-30-28-26-24-22-20-18-16-14-12-10-8-6-4-2/h13,15H,3-12,14,16-30H2,1-2H3. The molecule has 0 spiro atoms. The SMILES string of the molecule is CCCCCCC=CCCCCCCCCCCCCCCCCCCCCCC. The van der Waals surface area contributed by atoms with Crippen molar-refractivity contribution in [2.75, 3.05) is 0 Å². The number of rotatable bonds is 26. The van der Waals surface area contributed by atoms with Gasteiger partial charge >= 0.3 is 0 Å². The molecule has 30 heavy (non-hydrogen) atoms. The minimum Gasteiger partial charge on any atom is -0.0885 e. The van der Waals surface area contributed by atoms with E-state index in [1.807, 2.05) is 0 Å². The highest BCUT2D eigenvalue weighted by Gasteiger charge is 1.95. The Bertz CT molecular complexity index is 303. The van der Waals surface area contributed by atoms with Gasteiger partial charge in [-0.05, 0) is 25.7 Å². The number of hydrogen-bond donors (Lipinski definition) is 0. The minimum atomic E-state index is 1.30. The molecule has 0 unspecified atom stereocenters. The van der Waals surface area contributed by atoms with Gasteiger partial charge in [0, 0.05) is 0 Å². The van der Waals surface area contributed by atoms with Gasteiger partial charge in [0.1, 0.15) is 0 Å². The first-order chi connectivity index (χ1) is 14.9. The van der Waals surface area contributed by atoms with Gasteiger partial charge in [-0.1, -0.05) is 167 Å². The van der Waals surface area contributed by atoms with Crippen molar-refractivity contribution < 1.29 is 0 Å². The lowest BCUT2D eigenvalue weighted by Gasteiger charge is -2.04. The predicted molar refractivity (Wildman–Crippen MR) is 141 cm³/mol. The van der Waals surface area contributed by atoms with Crippen LogP contribution in [0.15, 0.2) is 12.2 Å². The summed E-state index contributed by atoms with van der Waals surface area (Å²) in [5, 5.41) is 0. The third kappa shape index (κ3) is 27.7. The summed E-state index contributed by atoms with van der Waals surface area (Å²) in [6.45, 7) is 4.59. The Morgan fingerprint density at radius 3 is 0.733 bits per heavy atom. The van der Waals surface area contributed by atoms with Crippen LogP contribution in [0.25, 0.3) is 0 Å². The smallest absolute Gasteiger partial charge is 0.0351 e. The third-order valence-electron chi connectivity index (χ3n) is 6.62. The quantitative estimate of drug-likeness (QED) is 0.0963. The highest BCUT2D eigenvalue weighted by molar-refractivity contribution is 4.81. The normalized spacial score (nSPS) is 11.7. The third-order valence-corrected chi connectivity index (χ3v) is 6.62. The lowest BCUT2D eigenvalue weighted by atomic mass is 10.0. The van der Waals surface area contributed by atoms with Crippen LogP contribution in [0.2, 0.25) is 0 Å². The summed E-state index contributed by atoms with van der Waals surface area (Å²) in [4.78, 5) is 0. The molecule has 0 saturated carbocycles. The molecular weight excluding hydrogens is 360 g/mol. The van der Waals surface area contributed by atoms with Crippen LogP contribution in [0.1, 0.15) is 181 Å². The van der Waals surface area contributed by atoms with E-state index >= 15 is 0 Å². The minimum absolute atomic E-state index is 1.30. The van der Waals surface area contributed by atoms with Crippen LogP contribution in [0.4, 0.5) is 0 Å². The first-order valence-electron chi connectivity index (χ1n) is 14.6. The fourth-order valence-electron chi connectivity index (χ4n) is 4.44. The molecule has 0 aliphatic rings. The van der Waals surface area contributed by atoms with Crippen molar-refractivity contribution in [1.82, 2.24) is 0 Å². The van der Waals surface area contributed by atoms with E-state index in [9.17, 15) is 0 Å². The molecule has 0 saturated heterocycles. The van der Waals surface area contributed by atoms with E-state index in [0.717, 1.165) is 0 Å². The highest BCUT2D eigenvalue weighted by Crippen LogP contribution is 2.15. The molecule has 0 aromatic heterocycles. The van der Waals surface area contributed by atoms with E-state index < -0.39 is 0 Å². The van der Waals surface area contributed by atoms with Gasteiger partial charge in [0.2, 0.25) is 0 Å². The Kier molecular flexibility index (Phi) is 28.5. The first-order valence-corrected chi connectivity index (χ1v) is 14.6. The molecule has 0 aromatic carbocycles. The topological polar surface area (TPSA) is 0 Å². The first kappa shape index (κ1) is 29.7. The largest absolute Gasteiger partial charge is 0.0885 e. The Morgan fingerprint density at radius 2 is 0.467 bits per heavy atom. The number of hydrogen-bond acceptors (Lipinski definition) is 0. The lowest BCUT2D eigenvalue weighted by molar-refractivity contribution is 0.522. The van der Waals surface area contributed by atoms with E-state index in [1.54, 1.807) is 0 Å². The van der Waals surface area contributed by atoms with Gasteiger partial charge in [0.25, 0.3) is 0 Å². The van der Waals surface area contributed by atoms with Gasteiger partial charge in [-0.15, -0.1) is 0 Å². The molecule has 0 rings (SSSR count). The lowest BCUT2D eigenvalue weighted by Crippen LogP contribution is -1.84. The molecule has 0 nitrogen and oxygen atoms in total. The van der Waals surface area contributed by atoms with Crippen molar-refractivity contribution in [3.63, 3.8) is 0 Å². The van der Waals surface area contributed by atoms with E-state index in [0.29, 0.717) is 0 Å². The zero-order chi connectivity index (χ0) is 21.8.